The van der Waals surface area contributed by atoms with Crippen LogP contribution in [-0.2, 0) is 4.79 Å². The number of aliphatic carboxylic acids is 1. The van der Waals surface area contributed by atoms with E-state index in [1.807, 2.05) is 6.92 Å². The van der Waals surface area contributed by atoms with Crippen LogP contribution in [0.3, 0.4) is 0 Å². The van der Waals surface area contributed by atoms with E-state index in [2.05, 4.69) is 0 Å². The summed E-state index contributed by atoms with van der Waals surface area (Å²) < 4.78 is 5.17. The molecule has 3 nitrogen and oxygen atoms in total. The molecule has 1 heterocycles. The minimum atomic E-state index is -0.809. The Hall–Kier alpha value is -1.25. The summed E-state index contributed by atoms with van der Waals surface area (Å²) in [6.45, 7) is 5.25. The van der Waals surface area contributed by atoms with Gasteiger partial charge >= 0.3 is 5.97 Å². The van der Waals surface area contributed by atoms with E-state index in [-0.39, 0.29) is 5.92 Å². The van der Waals surface area contributed by atoms with Crippen molar-refractivity contribution in [3.05, 3.63) is 24.2 Å². The topological polar surface area (TPSA) is 50.4 Å². The Morgan fingerprint density at radius 2 is 2.23 bits per heavy atom. The van der Waals surface area contributed by atoms with Crippen LogP contribution in [0.15, 0.2) is 22.8 Å². The molecule has 1 atom stereocenters. The highest BCUT2D eigenvalue weighted by atomic mass is 16.4. The summed E-state index contributed by atoms with van der Waals surface area (Å²) in [6, 6.07) is 3.57. The molecule has 1 rings (SSSR count). The van der Waals surface area contributed by atoms with E-state index in [1.54, 1.807) is 32.2 Å². The molecular weight excluding hydrogens is 168 g/mol. The smallest absolute Gasteiger partial charge is 0.309 e. The minimum Gasteiger partial charge on any atom is -0.481 e. The highest BCUT2D eigenvalue weighted by molar-refractivity contribution is 5.74. The van der Waals surface area contributed by atoms with Crippen LogP contribution in [0.1, 0.15) is 32.4 Å². The zero-order chi connectivity index (χ0) is 10.1. The van der Waals surface area contributed by atoms with Gasteiger partial charge in [-0.25, -0.2) is 0 Å². The number of carbonyl (C=O) groups is 1. The molecule has 1 aromatic heterocycles. The zero-order valence-electron chi connectivity index (χ0n) is 8.07. The molecule has 1 N–H and O–H groups in total. The molecule has 13 heavy (non-hydrogen) atoms. The Morgan fingerprint density at radius 3 is 2.62 bits per heavy atom. The predicted molar refractivity (Wildman–Crippen MR) is 48.5 cm³/mol. The van der Waals surface area contributed by atoms with Crippen molar-refractivity contribution in [2.45, 2.75) is 26.7 Å². The van der Waals surface area contributed by atoms with Crippen LogP contribution in [0.2, 0.25) is 0 Å². The van der Waals surface area contributed by atoms with Crippen molar-refractivity contribution in [2.24, 2.45) is 5.41 Å². The highest BCUT2D eigenvalue weighted by Gasteiger charge is 2.36. The monoisotopic (exact) mass is 182 g/mol. The van der Waals surface area contributed by atoms with Gasteiger partial charge in [-0.1, -0.05) is 6.92 Å². The van der Waals surface area contributed by atoms with E-state index in [0.29, 0.717) is 5.76 Å². The third kappa shape index (κ3) is 1.74. The lowest BCUT2D eigenvalue weighted by Crippen LogP contribution is -2.29. The van der Waals surface area contributed by atoms with Crippen molar-refractivity contribution in [2.75, 3.05) is 0 Å². The molecule has 3 heteroatoms. The van der Waals surface area contributed by atoms with E-state index >= 15 is 0 Å². The van der Waals surface area contributed by atoms with Gasteiger partial charge in [0.05, 0.1) is 11.7 Å². The van der Waals surface area contributed by atoms with Crippen molar-refractivity contribution in [3.63, 3.8) is 0 Å². The van der Waals surface area contributed by atoms with Crippen molar-refractivity contribution in [1.29, 1.82) is 0 Å². The SMILES string of the molecule is CC(c1ccco1)C(C)(C)C(=O)O. The summed E-state index contributed by atoms with van der Waals surface area (Å²) >= 11 is 0. The molecule has 72 valence electrons. The van der Waals surface area contributed by atoms with E-state index < -0.39 is 11.4 Å². The lowest BCUT2D eigenvalue weighted by Gasteiger charge is -2.25. The average molecular weight is 182 g/mol. The summed E-state index contributed by atoms with van der Waals surface area (Å²) in [7, 11) is 0. The first-order valence-electron chi connectivity index (χ1n) is 4.23. The quantitative estimate of drug-likeness (QED) is 0.781. The first kappa shape index (κ1) is 9.84. The molecule has 0 aromatic carbocycles. The fraction of sp³-hybridized carbons (Fsp3) is 0.500. The molecule has 1 unspecified atom stereocenters. The van der Waals surface area contributed by atoms with Gasteiger partial charge in [-0.05, 0) is 26.0 Å². The summed E-state index contributed by atoms with van der Waals surface area (Å²) in [4.78, 5) is 10.9. The molecular formula is C10H14O3. The van der Waals surface area contributed by atoms with Gasteiger partial charge in [-0.2, -0.15) is 0 Å². The Kier molecular flexibility index (Phi) is 2.45. The van der Waals surface area contributed by atoms with Crippen molar-refractivity contribution in [1.82, 2.24) is 0 Å². The fourth-order valence-electron chi connectivity index (χ4n) is 1.08. The van der Waals surface area contributed by atoms with Gasteiger partial charge < -0.3 is 9.52 Å². The van der Waals surface area contributed by atoms with Crippen LogP contribution in [0.4, 0.5) is 0 Å². The van der Waals surface area contributed by atoms with Crippen LogP contribution < -0.4 is 0 Å². The van der Waals surface area contributed by atoms with Crippen LogP contribution in [-0.4, -0.2) is 11.1 Å². The largest absolute Gasteiger partial charge is 0.481 e. The first-order valence-corrected chi connectivity index (χ1v) is 4.23. The Morgan fingerprint density at radius 1 is 1.62 bits per heavy atom. The predicted octanol–water partition coefficient (Wildman–Crippen LogP) is 2.49. The molecule has 0 radical (unpaired) electrons. The second kappa shape index (κ2) is 3.24. The molecule has 0 amide bonds. The maximum absolute atomic E-state index is 10.9. The second-order valence-corrected chi connectivity index (χ2v) is 3.76. The van der Waals surface area contributed by atoms with Crippen LogP contribution in [0.5, 0.6) is 0 Å². The van der Waals surface area contributed by atoms with Crippen LogP contribution in [0, 0.1) is 5.41 Å². The van der Waals surface area contributed by atoms with Gasteiger partial charge in [-0.15, -0.1) is 0 Å². The number of carboxylic acids is 1. The van der Waals surface area contributed by atoms with E-state index in [4.69, 9.17) is 9.52 Å². The van der Waals surface area contributed by atoms with Crippen molar-refractivity contribution in [3.8, 4) is 0 Å². The van der Waals surface area contributed by atoms with E-state index in [0.717, 1.165) is 0 Å². The normalized spacial score (nSPS) is 14.1. The van der Waals surface area contributed by atoms with E-state index in [1.165, 1.54) is 0 Å². The molecule has 0 aliphatic rings. The highest BCUT2D eigenvalue weighted by Crippen LogP contribution is 2.35. The van der Waals surface area contributed by atoms with Crippen molar-refractivity contribution >= 4 is 5.97 Å². The lowest BCUT2D eigenvalue weighted by atomic mass is 9.79. The molecule has 1 aromatic rings. The Bertz CT molecular complexity index is 285. The third-order valence-electron chi connectivity index (χ3n) is 2.60. The first-order chi connectivity index (χ1) is 5.96. The van der Waals surface area contributed by atoms with Gasteiger partial charge in [0.1, 0.15) is 5.76 Å². The third-order valence-corrected chi connectivity index (χ3v) is 2.60. The number of carboxylic acid groups (broad SMARTS) is 1. The number of hydrogen-bond acceptors (Lipinski definition) is 2. The molecule has 0 aliphatic carbocycles. The molecule has 0 saturated carbocycles. The summed E-state index contributed by atoms with van der Waals surface area (Å²) in [5, 5.41) is 8.97. The lowest BCUT2D eigenvalue weighted by molar-refractivity contribution is -0.148. The molecule has 0 aliphatic heterocycles. The number of rotatable bonds is 3. The zero-order valence-corrected chi connectivity index (χ0v) is 8.07. The second-order valence-electron chi connectivity index (χ2n) is 3.76. The summed E-state index contributed by atoms with van der Waals surface area (Å²) in [6.07, 6.45) is 1.56. The molecule has 0 saturated heterocycles. The van der Waals surface area contributed by atoms with Gasteiger partial charge in [0.25, 0.3) is 0 Å². The van der Waals surface area contributed by atoms with Crippen molar-refractivity contribution < 1.29 is 14.3 Å². The fourth-order valence-corrected chi connectivity index (χ4v) is 1.08. The van der Waals surface area contributed by atoms with E-state index in [9.17, 15) is 4.79 Å². The van der Waals surface area contributed by atoms with Gasteiger partial charge in [0.15, 0.2) is 0 Å². The minimum absolute atomic E-state index is 0.125. The maximum atomic E-state index is 10.9. The van der Waals surface area contributed by atoms with Gasteiger partial charge in [0.2, 0.25) is 0 Å². The standard InChI is InChI=1S/C10H14O3/c1-7(8-5-4-6-13-8)10(2,3)9(11)12/h4-7H,1-3H3,(H,11,12). The molecule has 0 spiro atoms. The molecule has 0 fully saturated rings. The van der Waals surface area contributed by atoms with Gasteiger partial charge in [-0.3, -0.25) is 4.79 Å². The molecule has 0 bridgehead atoms. The van der Waals surface area contributed by atoms with Crippen LogP contribution in [0.25, 0.3) is 0 Å². The van der Waals surface area contributed by atoms with Gasteiger partial charge in [0, 0.05) is 5.92 Å². The number of hydrogen-bond donors (Lipinski definition) is 1. The Balaban J connectivity index is 2.90. The average Bonchev–Trinajstić information content (AvgIpc) is 2.54. The maximum Gasteiger partial charge on any atom is 0.309 e. The number of furan rings is 1. The summed E-state index contributed by atoms with van der Waals surface area (Å²) in [5.41, 5.74) is -0.794. The Labute approximate surface area is 77.4 Å². The van der Waals surface area contributed by atoms with Crippen LogP contribution >= 0.6 is 0 Å². The summed E-state index contributed by atoms with van der Waals surface area (Å²) in [5.74, 6) is -0.219.